The summed E-state index contributed by atoms with van der Waals surface area (Å²) >= 11 is 11.6. The molecule has 2 aromatic rings. The molecule has 0 aliphatic carbocycles. The quantitative estimate of drug-likeness (QED) is 0.502. The number of halogens is 2. The van der Waals surface area contributed by atoms with Crippen LogP contribution in [0, 0.1) is 10.1 Å². The molecule has 0 aromatic heterocycles. The van der Waals surface area contributed by atoms with E-state index in [0.717, 1.165) is 5.69 Å². The smallest absolute Gasteiger partial charge is 0.278 e. The topological polar surface area (TPSA) is 67.5 Å². The van der Waals surface area contributed by atoms with Crippen LogP contribution in [0.15, 0.2) is 47.6 Å². The highest BCUT2D eigenvalue weighted by molar-refractivity contribution is 6.32. The molecule has 0 aliphatic rings. The molecule has 0 fully saturated rings. The predicted octanol–water partition coefficient (Wildman–Crippen LogP) is 4.74. The van der Waals surface area contributed by atoms with Gasteiger partial charge in [0.1, 0.15) is 5.02 Å². The van der Waals surface area contributed by atoms with Crippen molar-refractivity contribution in [1.82, 2.24) is 0 Å². The van der Waals surface area contributed by atoms with Gasteiger partial charge in [-0.1, -0.05) is 29.3 Å². The van der Waals surface area contributed by atoms with E-state index in [1.807, 2.05) is 0 Å². The van der Waals surface area contributed by atoms with Gasteiger partial charge in [0.15, 0.2) is 0 Å². The lowest BCUT2D eigenvalue weighted by molar-refractivity contribution is -0.384. The molecule has 0 aliphatic heterocycles. The predicted molar refractivity (Wildman–Crippen MR) is 85.4 cm³/mol. The van der Waals surface area contributed by atoms with Gasteiger partial charge in [0.05, 0.1) is 16.3 Å². The number of hydrazone groups is 1. The molecule has 0 radical (unpaired) electrons. The van der Waals surface area contributed by atoms with Crippen molar-refractivity contribution < 1.29 is 4.92 Å². The van der Waals surface area contributed by atoms with Gasteiger partial charge >= 0.3 is 0 Å². The molecule has 0 saturated heterocycles. The molecule has 21 heavy (non-hydrogen) atoms. The first-order chi connectivity index (χ1) is 9.97. The Bertz CT molecular complexity index is 700. The van der Waals surface area contributed by atoms with Gasteiger partial charge in [0.25, 0.3) is 5.69 Å². The number of rotatable bonds is 4. The molecule has 108 valence electrons. The van der Waals surface area contributed by atoms with Crippen LogP contribution >= 0.6 is 23.2 Å². The van der Waals surface area contributed by atoms with Crippen LogP contribution in [0.2, 0.25) is 10.0 Å². The monoisotopic (exact) mass is 323 g/mol. The largest absolute Gasteiger partial charge is 0.288 e. The molecule has 0 spiro atoms. The van der Waals surface area contributed by atoms with Gasteiger partial charge in [-0.15, -0.1) is 0 Å². The van der Waals surface area contributed by atoms with E-state index >= 15 is 0 Å². The van der Waals surface area contributed by atoms with E-state index in [2.05, 4.69) is 10.5 Å². The van der Waals surface area contributed by atoms with Crippen LogP contribution in [0.4, 0.5) is 11.4 Å². The number of anilines is 1. The summed E-state index contributed by atoms with van der Waals surface area (Å²) in [4.78, 5) is 10.3. The first kappa shape index (κ1) is 15.3. The molecular formula is C14H11Cl2N3O2. The molecule has 0 atom stereocenters. The minimum Gasteiger partial charge on any atom is -0.278 e. The Balaban J connectivity index is 2.21. The van der Waals surface area contributed by atoms with E-state index in [4.69, 9.17) is 23.2 Å². The molecule has 0 bridgehead atoms. The molecule has 1 N–H and O–H groups in total. The molecule has 5 nitrogen and oxygen atoms in total. The van der Waals surface area contributed by atoms with Crippen LogP contribution in [0.25, 0.3) is 0 Å². The summed E-state index contributed by atoms with van der Waals surface area (Å²) in [5, 5.41) is 15.8. The maximum atomic E-state index is 10.9. The van der Waals surface area contributed by atoms with Crippen LogP contribution in [0.1, 0.15) is 12.5 Å². The Hall–Kier alpha value is -2.11. The van der Waals surface area contributed by atoms with Gasteiger partial charge < -0.3 is 0 Å². The zero-order chi connectivity index (χ0) is 15.4. The second-order valence-corrected chi connectivity index (χ2v) is 5.08. The number of nitro benzene ring substituents is 1. The Labute approximate surface area is 131 Å². The third-order valence-electron chi connectivity index (χ3n) is 2.76. The highest BCUT2D eigenvalue weighted by atomic mass is 35.5. The minimum atomic E-state index is -0.522. The SMILES string of the molecule is CC(=NNc1ccc(Cl)cc1)c1ccc(Cl)c([N+](=O)[O-])c1. The van der Waals surface area contributed by atoms with Crippen LogP contribution in [-0.4, -0.2) is 10.6 Å². The maximum absolute atomic E-state index is 10.9. The average Bonchev–Trinajstić information content (AvgIpc) is 2.46. The lowest BCUT2D eigenvalue weighted by Crippen LogP contribution is -2.01. The summed E-state index contributed by atoms with van der Waals surface area (Å²) in [6, 6.07) is 11.6. The van der Waals surface area contributed by atoms with E-state index in [0.29, 0.717) is 16.3 Å². The third kappa shape index (κ3) is 3.93. The normalized spacial score (nSPS) is 11.3. The van der Waals surface area contributed by atoms with Gasteiger partial charge in [-0.2, -0.15) is 5.10 Å². The van der Waals surface area contributed by atoms with Gasteiger partial charge in [0.2, 0.25) is 0 Å². The van der Waals surface area contributed by atoms with E-state index in [9.17, 15) is 10.1 Å². The van der Waals surface area contributed by atoms with Crippen molar-refractivity contribution in [3.8, 4) is 0 Å². The Morgan fingerprint density at radius 3 is 2.48 bits per heavy atom. The summed E-state index contributed by atoms with van der Waals surface area (Å²) in [5.74, 6) is 0. The number of nitro groups is 1. The highest BCUT2D eigenvalue weighted by Gasteiger charge is 2.13. The van der Waals surface area contributed by atoms with Crippen molar-refractivity contribution in [2.24, 2.45) is 5.10 Å². The van der Waals surface area contributed by atoms with E-state index in [1.54, 1.807) is 37.3 Å². The molecule has 7 heteroatoms. The lowest BCUT2D eigenvalue weighted by Gasteiger charge is -2.04. The van der Waals surface area contributed by atoms with Crippen LogP contribution in [0.3, 0.4) is 0 Å². The van der Waals surface area contributed by atoms with Crippen molar-refractivity contribution in [2.75, 3.05) is 5.43 Å². The maximum Gasteiger partial charge on any atom is 0.288 e. The van der Waals surface area contributed by atoms with Gasteiger partial charge in [0, 0.05) is 16.7 Å². The molecule has 0 heterocycles. The fourth-order valence-corrected chi connectivity index (χ4v) is 1.93. The number of hydrogen-bond acceptors (Lipinski definition) is 4. The summed E-state index contributed by atoms with van der Waals surface area (Å²) in [6.45, 7) is 1.75. The molecule has 2 aromatic carbocycles. The Morgan fingerprint density at radius 1 is 1.19 bits per heavy atom. The Kier molecular flexibility index (Phi) is 4.77. The number of hydrogen-bond donors (Lipinski definition) is 1. The van der Waals surface area contributed by atoms with Crippen molar-refractivity contribution in [1.29, 1.82) is 0 Å². The van der Waals surface area contributed by atoms with Crippen LogP contribution < -0.4 is 5.43 Å². The highest BCUT2D eigenvalue weighted by Crippen LogP contribution is 2.25. The number of nitrogens with one attached hydrogen (secondary N) is 1. The van der Waals surface area contributed by atoms with Gasteiger partial charge in [-0.25, -0.2) is 0 Å². The first-order valence-electron chi connectivity index (χ1n) is 5.97. The average molecular weight is 324 g/mol. The first-order valence-corrected chi connectivity index (χ1v) is 6.73. The summed E-state index contributed by atoms with van der Waals surface area (Å²) in [5.41, 5.74) is 4.70. The minimum absolute atomic E-state index is 0.0993. The zero-order valence-electron chi connectivity index (χ0n) is 11.0. The summed E-state index contributed by atoms with van der Waals surface area (Å²) in [6.07, 6.45) is 0. The second-order valence-electron chi connectivity index (χ2n) is 4.24. The molecule has 0 saturated carbocycles. The number of benzene rings is 2. The summed E-state index contributed by atoms with van der Waals surface area (Å²) < 4.78 is 0. The second kappa shape index (κ2) is 6.56. The summed E-state index contributed by atoms with van der Waals surface area (Å²) in [7, 11) is 0. The molecule has 0 amide bonds. The van der Waals surface area contributed by atoms with Crippen molar-refractivity contribution in [2.45, 2.75) is 6.92 Å². The van der Waals surface area contributed by atoms with E-state index in [1.165, 1.54) is 12.1 Å². The lowest BCUT2D eigenvalue weighted by atomic mass is 10.1. The third-order valence-corrected chi connectivity index (χ3v) is 3.33. The molecule has 0 unspecified atom stereocenters. The van der Waals surface area contributed by atoms with Gasteiger partial charge in [-0.05, 0) is 37.3 Å². The van der Waals surface area contributed by atoms with E-state index < -0.39 is 4.92 Å². The fraction of sp³-hybridized carbons (Fsp3) is 0.0714. The van der Waals surface area contributed by atoms with Crippen LogP contribution in [-0.2, 0) is 0 Å². The molecular weight excluding hydrogens is 313 g/mol. The zero-order valence-corrected chi connectivity index (χ0v) is 12.5. The van der Waals surface area contributed by atoms with E-state index in [-0.39, 0.29) is 10.7 Å². The number of nitrogens with zero attached hydrogens (tertiary/aromatic N) is 2. The van der Waals surface area contributed by atoms with Crippen LogP contribution in [0.5, 0.6) is 0 Å². The van der Waals surface area contributed by atoms with Crippen molar-refractivity contribution >= 4 is 40.3 Å². The van der Waals surface area contributed by atoms with Crippen molar-refractivity contribution in [3.05, 3.63) is 68.2 Å². The van der Waals surface area contributed by atoms with Gasteiger partial charge in [-0.3, -0.25) is 15.5 Å². The fourth-order valence-electron chi connectivity index (χ4n) is 1.62. The standard InChI is InChI=1S/C14H11Cl2N3O2/c1-9(17-18-12-5-3-11(15)4-6-12)10-2-7-13(16)14(8-10)19(20)21/h2-8,18H,1H3. The van der Waals surface area contributed by atoms with Crippen molar-refractivity contribution in [3.63, 3.8) is 0 Å². The molecule has 2 rings (SSSR count). The Morgan fingerprint density at radius 2 is 1.86 bits per heavy atom.